The number of thioether (sulfide) groups is 1. The van der Waals surface area contributed by atoms with Crippen LogP contribution in [0.15, 0.2) is 65.0 Å². The standard InChI is InChI=1S/C24H23FN4OS2/c1-31-21-10-6-18(7-11-21)26-23(30)28(19-8-9-19)13-12-20-15-32-24-27-22(14-29(20)24)16-2-4-17(25)5-3-16/h2-7,10-11,14-15,19H,8-9,12-13H2,1H3,(H,26,30). The molecule has 8 heteroatoms. The molecule has 0 spiro atoms. The predicted octanol–water partition coefficient (Wildman–Crippen LogP) is 6.16. The van der Waals surface area contributed by atoms with E-state index in [9.17, 15) is 9.18 Å². The highest BCUT2D eigenvalue weighted by Gasteiger charge is 2.32. The van der Waals surface area contributed by atoms with E-state index < -0.39 is 0 Å². The van der Waals surface area contributed by atoms with E-state index in [1.807, 2.05) is 41.6 Å². The van der Waals surface area contributed by atoms with E-state index in [-0.39, 0.29) is 11.8 Å². The molecule has 1 saturated carbocycles. The summed E-state index contributed by atoms with van der Waals surface area (Å²) in [6, 6.07) is 14.6. The number of nitrogens with one attached hydrogen (secondary N) is 1. The van der Waals surface area contributed by atoms with Gasteiger partial charge in [0, 0.05) is 52.4 Å². The Kier molecular flexibility index (Phi) is 5.89. The minimum atomic E-state index is -0.255. The molecule has 1 aliphatic carbocycles. The summed E-state index contributed by atoms with van der Waals surface area (Å²) in [5.74, 6) is -0.255. The monoisotopic (exact) mass is 466 g/mol. The van der Waals surface area contributed by atoms with Crippen LogP contribution in [0.5, 0.6) is 0 Å². The smallest absolute Gasteiger partial charge is 0.321 e. The molecule has 4 aromatic rings. The summed E-state index contributed by atoms with van der Waals surface area (Å²) in [6.07, 6.45) is 6.87. The Labute approximate surface area is 194 Å². The number of imidazole rings is 1. The van der Waals surface area contributed by atoms with Crippen LogP contribution in [-0.4, -0.2) is 39.2 Å². The zero-order valence-corrected chi connectivity index (χ0v) is 19.3. The Morgan fingerprint density at radius 3 is 2.66 bits per heavy atom. The molecule has 1 fully saturated rings. The van der Waals surface area contributed by atoms with Crippen molar-refractivity contribution in [1.29, 1.82) is 0 Å². The van der Waals surface area contributed by atoms with Gasteiger partial charge in [0.05, 0.1) is 5.69 Å². The first-order chi connectivity index (χ1) is 15.6. The molecule has 2 heterocycles. The van der Waals surface area contributed by atoms with Crippen LogP contribution < -0.4 is 5.32 Å². The van der Waals surface area contributed by atoms with Gasteiger partial charge in [-0.3, -0.25) is 4.40 Å². The summed E-state index contributed by atoms with van der Waals surface area (Å²) in [4.78, 5) is 21.6. The molecule has 164 valence electrons. The van der Waals surface area contributed by atoms with Crippen molar-refractivity contribution < 1.29 is 9.18 Å². The molecular formula is C24H23FN4OS2. The summed E-state index contributed by atoms with van der Waals surface area (Å²) in [7, 11) is 0. The normalized spacial score (nSPS) is 13.4. The molecule has 0 bridgehead atoms. The largest absolute Gasteiger partial charge is 0.322 e. The maximum atomic E-state index is 13.2. The molecule has 2 amide bonds. The number of urea groups is 1. The topological polar surface area (TPSA) is 49.6 Å². The van der Waals surface area contributed by atoms with Gasteiger partial charge in [0.2, 0.25) is 0 Å². The zero-order chi connectivity index (χ0) is 22.1. The minimum absolute atomic E-state index is 0.0477. The lowest BCUT2D eigenvalue weighted by Crippen LogP contribution is -2.38. The second-order valence-electron chi connectivity index (χ2n) is 7.85. The lowest BCUT2D eigenvalue weighted by atomic mass is 10.2. The van der Waals surface area contributed by atoms with Gasteiger partial charge in [-0.15, -0.1) is 23.1 Å². The molecule has 0 aliphatic heterocycles. The van der Waals surface area contributed by atoms with E-state index in [1.54, 1.807) is 35.2 Å². The minimum Gasteiger partial charge on any atom is -0.321 e. The third-order valence-corrected chi connectivity index (χ3v) is 7.25. The molecule has 0 unspecified atom stereocenters. The average Bonchev–Trinajstić information content (AvgIpc) is 3.44. The molecule has 5 rings (SSSR count). The number of carbonyl (C=O) groups is 1. The van der Waals surface area contributed by atoms with Crippen molar-refractivity contribution in [2.75, 3.05) is 18.1 Å². The maximum absolute atomic E-state index is 13.2. The summed E-state index contributed by atoms with van der Waals surface area (Å²) < 4.78 is 15.3. The van der Waals surface area contributed by atoms with Gasteiger partial charge in [-0.05, 0) is 67.6 Å². The first kappa shape index (κ1) is 21.0. The first-order valence-corrected chi connectivity index (χ1v) is 12.6. The van der Waals surface area contributed by atoms with Crippen molar-refractivity contribution in [2.24, 2.45) is 0 Å². The fourth-order valence-electron chi connectivity index (χ4n) is 3.71. The van der Waals surface area contributed by atoms with E-state index in [4.69, 9.17) is 0 Å². The van der Waals surface area contributed by atoms with E-state index >= 15 is 0 Å². The Balaban J connectivity index is 1.28. The van der Waals surface area contributed by atoms with Crippen molar-refractivity contribution in [3.05, 3.63) is 71.6 Å². The quantitative estimate of drug-likeness (QED) is 0.332. The number of halogens is 1. The molecule has 0 saturated heterocycles. The second kappa shape index (κ2) is 8.96. The fraction of sp³-hybridized carbons (Fsp3) is 0.250. The molecule has 1 N–H and O–H groups in total. The number of thiazole rings is 1. The lowest BCUT2D eigenvalue weighted by molar-refractivity contribution is 0.209. The molecule has 2 aromatic heterocycles. The average molecular weight is 467 g/mol. The molecule has 2 aromatic carbocycles. The second-order valence-corrected chi connectivity index (χ2v) is 9.56. The number of hydrogen-bond acceptors (Lipinski definition) is 4. The Morgan fingerprint density at radius 2 is 1.97 bits per heavy atom. The molecule has 1 aliphatic rings. The van der Waals surface area contributed by atoms with Gasteiger partial charge >= 0.3 is 6.03 Å². The summed E-state index contributed by atoms with van der Waals surface area (Å²) in [6.45, 7) is 0.648. The Morgan fingerprint density at radius 1 is 1.22 bits per heavy atom. The fourth-order valence-corrected chi connectivity index (χ4v) is 5.03. The third-order valence-electron chi connectivity index (χ3n) is 5.62. The van der Waals surface area contributed by atoms with Gasteiger partial charge in [-0.2, -0.15) is 0 Å². The molecule has 0 atom stereocenters. The van der Waals surface area contributed by atoms with Crippen molar-refractivity contribution >= 4 is 39.8 Å². The Bertz CT molecular complexity index is 1230. The summed E-state index contributed by atoms with van der Waals surface area (Å²) in [5.41, 5.74) is 3.65. The maximum Gasteiger partial charge on any atom is 0.322 e. The zero-order valence-electron chi connectivity index (χ0n) is 17.6. The van der Waals surface area contributed by atoms with E-state index in [2.05, 4.69) is 20.1 Å². The van der Waals surface area contributed by atoms with Crippen molar-refractivity contribution in [3.8, 4) is 11.3 Å². The van der Waals surface area contributed by atoms with E-state index in [1.165, 1.54) is 17.0 Å². The van der Waals surface area contributed by atoms with Crippen LogP contribution in [-0.2, 0) is 6.42 Å². The van der Waals surface area contributed by atoms with Crippen LogP contribution in [0.2, 0.25) is 0 Å². The van der Waals surface area contributed by atoms with Crippen molar-refractivity contribution in [3.63, 3.8) is 0 Å². The number of rotatable bonds is 7. The van der Waals surface area contributed by atoms with Gasteiger partial charge in [-0.1, -0.05) is 0 Å². The van der Waals surface area contributed by atoms with Gasteiger partial charge in [0.15, 0.2) is 4.96 Å². The lowest BCUT2D eigenvalue weighted by Gasteiger charge is -2.23. The molecular weight excluding hydrogens is 443 g/mol. The molecule has 32 heavy (non-hydrogen) atoms. The van der Waals surface area contributed by atoms with Gasteiger partial charge in [-0.25, -0.2) is 14.2 Å². The van der Waals surface area contributed by atoms with Gasteiger partial charge in [0.1, 0.15) is 5.82 Å². The number of anilines is 1. The SMILES string of the molecule is CSc1ccc(NC(=O)N(CCc2csc3nc(-c4ccc(F)cc4)cn23)C2CC2)cc1. The highest BCUT2D eigenvalue weighted by atomic mass is 32.2. The number of hydrogen-bond donors (Lipinski definition) is 1. The predicted molar refractivity (Wildman–Crippen MR) is 129 cm³/mol. The summed E-state index contributed by atoms with van der Waals surface area (Å²) in [5, 5.41) is 5.14. The third kappa shape index (κ3) is 4.52. The van der Waals surface area contributed by atoms with Crippen LogP contribution in [0.4, 0.5) is 14.9 Å². The molecule has 5 nitrogen and oxygen atoms in total. The number of nitrogens with zero attached hydrogens (tertiary/aromatic N) is 3. The van der Waals surface area contributed by atoms with Crippen LogP contribution >= 0.6 is 23.1 Å². The van der Waals surface area contributed by atoms with Crippen LogP contribution in [0.3, 0.4) is 0 Å². The first-order valence-electron chi connectivity index (χ1n) is 10.5. The number of amides is 2. The van der Waals surface area contributed by atoms with Gasteiger partial charge in [0.25, 0.3) is 0 Å². The van der Waals surface area contributed by atoms with Gasteiger partial charge < -0.3 is 10.2 Å². The van der Waals surface area contributed by atoms with Crippen molar-refractivity contribution in [2.45, 2.75) is 30.2 Å². The highest BCUT2D eigenvalue weighted by Crippen LogP contribution is 2.29. The number of carbonyl (C=O) groups excluding carboxylic acids is 1. The van der Waals surface area contributed by atoms with Crippen LogP contribution in [0.25, 0.3) is 16.2 Å². The van der Waals surface area contributed by atoms with Crippen molar-refractivity contribution in [1.82, 2.24) is 14.3 Å². The van der Waals surface area contributed by atoms with Crippen LogP contribution in [0, 0.1) is 5.82 Å². The van der Waals surface area contributed by atoms with E-state index in [0.717, 1.165) is 46.9 Å². The molecule has 0 radical (unpaired) electrons. The number of fused-ring (bicyclic) bond motifs is 1. The Hall–Kier alpha value is -2.84. The number of benzene rings is 2. The highest BCUT2D eigenvalue weighted by molar-refractivity contribution is 7.98. The van der Waals surface area contributed by atoms with Crippen LogP contribution in [0.1, 0.15) is 18.5 Å². The van der Waals surface area contributed by atoms with E-state index in [0.29, 0.717) is 12.6 Å². The summed E-state index contributed by atoms with van der Waals surface area (Å²) >= 11 is 3.26. The number of aromatic nitrogens is 2.